The highest BCUT2D eigenvalue weighted by Gasteiger charge is 2.49. The fraction of sp³-hybridized carbons (Fsp3) is 0.476. The van der Waals surface area contributed by atoms with E-state index in [0.717, 1.165) is 37.7 Å². The maximum atomic E-state index is 14.2. The largest absolute Gasteiger partial charge is 0.481 e. The predicted octanol–water partition coefficient (Wildman–Crippen LogP) is 2.10. The monoisotopic (exact) mass is 400 g/mol. The van der Waals surface area contributed by atoms with Crippen molar-refractivity contribution < 1.29 is 19.4 Å². The number of aromatic nitrogens is 2. The van der Waals surface area contributed by atoms with Gasteiger partial charge in [-0.25, -0.2) is 9.37 Å². The number of aliphatic hydroxyl groups is 1. The van der Waals surface area contributed by atoms with Crippen LogP contribution in [0.3, 0.4) is 0 Å². The molecule has 2 atom stereocenters. The SMILES string of the molecule is O=C(O)[C@@]1(Cc2ccccc2)CCN(c2ncc(F)c(N3CCCC3)n2)C[C@H]1O. The summed E-state index contributed by atoms with van der Waals surface area (Å²) in [5.41, 5.74) is -0.396. The van der Waals surface area contributed by atoms with Gasteiger partial charge in [0.1, 0.15) is 5.41 Å². The van der Waals surface area contributed by atoms with Crippen molar-refractivity contribution in [3.63, 3.8) is 0 Å². The predicted molar refractivity (Wildman–Crippen MR) is 106 cm³/mol. The molecule has 8 heteroatoms. The molecule has 2 N–H and O–H groups in total. The molecule has 0 amide bonds. The van der Waals surface area contributed by atoms with Gasteiger partial charge in [0, 0.05) is 26.2 Å². The summed E-state index contributed by atoms with van der Waals surface area (Å²) < 4.78 is 14.2. The van der Waals surface area contributed by atoms with Gasteiger partial charge in [-0.3, -0.25) is 4.79 Å². The number of benzene rings is 1. The Labute approximate surface area is 168 Å². The van der Waals surface area contributed by atoms with Gasteiger partial charge in [0.2, 0.25) is 5.95 Å². The Morgan fingerprint density at radius 1 is 1.17 bits per heavy atom. The summed E-state index contributed by atoms with van der Waals surface area (Å²) in [6.45, 7) is 1.98. The normalized spacial score (nSPS) is 24.7. The van der Waals surface area contributed by atoms with Crippen LogP contribution in [0.5, 0.6) is 0 Å². The van der Waals surface area contributed by atoms with Gasteiger partial charge < -0.3 is 20.0 Å². The van der Waals surface area contributed by atoms with E-state index in [4.69, 9.17) is 0 Å². The van der Waals surface area contributed by atoms with Crippen molar-refractivity contribution in [2.24, 2.45) is 5.41 Å². The fourth-order valence-electron chi connectivity index (χ4n) is 4.30. The van der Waals surface area contributed by atoms with Crippen molar-refractivity contribution >= 4 is 17.7 Å². The van der Waals surface area contributed by atoms with Crippen molar-refractivity contribution in [2.75, 3.05) is 36.0 Å². The summed E-state index contributed by atoms with van der Waals surface area (Å²) in [6, 6.07) is 9.33. The number of carbonyl (C=O) groups is 1. The number of halogens is 1. The average molecular weight is 400 g/mol. The highest BCUT2D eigenvalue weighted by atomic mass is 19.1. The third-order valence-electron chi connectivity index (χ3n) is 6.05. The van der Waals surface area contributed by atoms with Crippen LogP contribution in [-0.4, -0.2) is 58.4 Å². The number of carboxylic acid groups (broad SMARTS) is 1. The molecular formula is C21H25FN4O3. The standard InChI is InChI=1S/C21H25FN4O3/c22-16-13-23-20(24-18(16)25-9-4-5-10-25)26-11-8-21(19(28)29,17(27)14-26)12-15-6-2-1-3-7-15/h1-3,6-7,13,17,27H,4-5,8-12,14H2,(H,28,29)/t17-,21-/m1/s1. The first-order chi connectivity index (χ1) is 14.0. The zero-order valence-corrected chi connectivity index (χ0v) is 16.2. The van der Waals surface area contributed by atoms with Gasteiger partial charge in [-0.05, 0) is 31.2 Å². The molecular weight excluding hydrogens is 375 g/mol. The minimum absolute atomic E-state index is 0.0875. The van der Waals surface area contributed by atoms with E-state index in [2.05, 4.69) is 9.97 Å². The summed E-state index contributed by atoms with van der Waals surface area (Å²) in [5.74, 6) is -0.865. The highest BCUT2D eigenvalue weighted by Crippen LogP contribution is 2.37. The molecule has 0 saturated carbocycles. The van der Waals surface area contributed by atoms with E-state index in [0.29, 0.717) is 12.5 Å². The number of nitrogens with zero attached hydrogens (tertiary/aromatic N) is 4. The first-order valence-corrected chi connectivity index (χ1v) is 9.97. The van der Waals surface area contributed by atoms with E-state index in [1.807, 2.05) is 35.2 Å². The van der Waals surface area contributed by atoms with Crippen LogP contribution in [0.25, 0.3) is 0 Å². The first-order valence-electron chi connectivity index (χ1n) is 9.97. The number of anilines is 2. The Morgan fingerprint density at radius 3 is 2.55 bits per heavy atom. The molecule has 3 heterocycles. The van der Waals surface area contributed by atoms with Crippen molar-refractivity contribution in [2.45, 2.75) is 31.8 Å². The molecule has 0 aliphatic carbocycles. The second-order valence-corrected chi connectivity index (χ2v) is 7.87. The molecule has 29 heavy (non-hydrogen) atoms. The van der Waals surface area contributed by atoms with Gasteiger partial charge in [0.05, 0.1) is 12.3 Å². The minimum Gasteiger partial charge on any atom is -0.481 e. The average Bonchev–Trinajstić information content (AvgIpc) is 3.25. The van der Waals surface area contributed by atoms with Crippen LogP contribution in [-0.2, 0) is 11.2 Å². The summed E-state index contributed by atoms with van der Waals surface area (Å²) >= 11 is 0. The van der Waals surface area contributed by atoms with E-state index in [1.165, 1.54) is 0 Å². The number of β-amino-alcohol motifs (C(OH)–C–C–N with tert-alkyl or cyclic N) is 1. The van der Waals surface area contributed by atoms with E-state index in [1.54, 1.807) is 4.90 Å². The van der Waals surface area contributed by atoms with Gasteiger partial charge in [0.25, 0.3) is 0 Å². The first kappa shape index (κ1) is 19.6. The van der Waals surface area contributed by atoms with Crippen LogP contribution in [0.2, 0.25) is 0 Å². The number of hydrogen-bond acceptors (Lipinski definition) is 6. The van der Waals surface area contributed by atoms with Gasteiger partial charge >= 0.3 is 5.97 Å². The van der Waals surface area contributed by atoms with Crippen LogP contribution in [0.1, 0.15) is 24.8 Å². The maximum absolute atomic E-state index is 14.2. The molecule has 2 aromatic rings. The molecule has 0 unspecified atom stereocenters. The van der Waals surface area contributed by atoms with Crippen molar-refractivity contribution in [1.29, 1.82) is 0 Å². The quantitative estimate of drug-likeness (QED) is 0.794. The van der Waals surface area contributed by atoms with Gasteiger partial charge in [-0.1, -0.05) is 30.3 Å². The second kappa shape index (κ2) is 7.94. The van der Waals surface area contributed by atoms with Crippen LogP contribution in [0.15, 0.2) is 36.5 Å². The lowest BCUT2D eigenvalue weighted by atomic mass is 9.72. The lowest BCUT2D eigenvalue weighted by Gasteiger charge is -2.43. The third-order valence-corrected chi connectivity index (χ3v) is 6.05. The number of aliphatic carboxylic acids is 1. The number of aliphatic hydroxyl groups excluding tert-OH is 1. The number of piperidine rings is 1. The van der Waals surface area contributed by atoms with Crippen LogP contribution < -0.4 is 9.80 Å². The lowest BCUT2D eigenvalue weighted by molar-refractivity contribution is -0.158. The Bertz CT molecular complexity index is 875. The molecule has 1 aromatic carbocycles. The zero-order chi connectivity index (χ0) is 20.4. The van der Waals surface area contributed by atoms with E-state index < -0.39 is 23.3 Å². The Kier molecular flexibility index (Phi) is 5.36. The molecule has 154 valence electrons. The summed E-state index contributed by atoms with van der Waals surface area (Å²) in [5, 5.41) is 20.8. The van der Waals surface area contributed by atoms with Gasteiger partial charge in [-0.2, -0.15) is 4.98 Å². The van der Waals surface area contributed by atoms with Gasteiger partial charge in [0.15, 0.2) is 11.6 Å². The molecule has 0 radical (unpaired) electrons. The van der Waals surface area contributed by atoms with Crippen LogP contribution >= 0.6 is 0 Å². The Hall–Kier alpha value is -2.74. The molecule has 2 aliphatic heterocycles. The molecule has 2 saturated heterocycles. The van der Waals surface area contributed by atoms with Crippen LogP contribution in [0.4, 0.5) is 16.2 Å². The van der Waals surface area contributed by atoms with E-state index in [-0.39, 0.29) is 25.2 Å². The lowest BCUT2D eigenvalue weighted by Crippen LogP contribution is -2.56. The molecule has 4 rings (SSSR count). The molecule has 0 spiro atoms. The number of rotatable bonds is 5. The van der Waals surface area contributed by atoms with Gasteiger partial charge in [-0.15, -0.1) is 0 Å². The Morgan fingerprint density at radius 2 is 1.90 bits per heavy atom. The smallest absolute Gasteiger partial charge is 0.312 e. The third kappa shape index (κ3) is 3.76. The molecule has 7 nitrogen and oxygen atoms in total. The number of hydrogen-bond donors (Lipinski definition) is 2. The minimum atomic E-state index is -1.27. The van der Waals surface area contributed by atoms with E-state index >= 15 is 0 Å². The van der Waals surface area contributed by atoms with Crippen molar-refractivity contribution in [3.05, 3.63) is 47.9 Å². The zero-order valence-electron chi connectivity index (χ0n) is 16.2. The summed E-state index contributed by atoms with van der Waals surface area (Å²) in [4.78, 5) is 24.3. The Balaban J connectivity index is 1.55. The molecule has 2 aliphatic rings. The highest BCUT2D eigenvalue weighted by molar-refractivity contribution is 5.76. The molecule has 0 bridgehead atoms. The van der Waals surface area contributed by atoms with Crippen molar-refractivity contribution in [1.82, 2.24) is 9.97 Å². The topological polar surface area (TPSA) is 89.8 Å². The van der Waals surface area contributed by atoms with Crippen molar-refractivity contribution in [3.8, 4) is 0 Å². The number of carboxylic acids is 1. The maximum Gasteiger partial charge on any atom is 0.312 e. The fourth-order valence-corrected chi connectivity index (χ4v) is 4.30. The second-order valence-electron chi connectivity index (χ2n) is 7.87. The molecule has 2 fully saturated rings. The molecule has 1 aromatic heterocycles. The van der Waals surface area contributed by atoms with E-state index in [9.17, 15) is 19.4 Å². The summed E-state index contributed by atoms with van der Waals surface area (Å²) in [7, 11) is 0. The van der Waals surface area contributed by atoms with Crippen LogP contribution in [0, 0.1) is 11.2 Å². The summed E-state index contributed by atoms with van der Waals surface area (Å²) in [6.07, 6.45) is 2.56.